The van der Waals surface area contributed by atoms with E-state index in [0.29, 0.717) is 10.5 Å². The number of carboxylic acid groups (broad SMARTS) is 3. The van der Waals surface area contributed by atoms with E-state index in [2.05, 4.69) is 0 Å². The van der Waals surface area contributed by atoms with Crippen molar-refractivity contribution >= 4 is 58.2 Å². The molecule has 1 aliphatic rings. The van der Waals surface area contributed by atoms with Gasteiger partial charge in [0.15, 0.2) is 11.5 Å². The molecule has 1 amide bonds. The van der Waals surface area contributed by atoms with E-state index in [-0.39, 0.29) is 20.7 Å². The molecule has 1 atom stereocenters. The van der Waals surface area contributed by atoms with Crippen LogP contribution in [0.5, 0.6) is 11.5 Å². The fraction of sp³-hybridized carbons (Fsp3) is 0.235. The number of carbonyl (C=O) groups is 4. The van der Waals surface area contributed by atoms with Crippen LogP contribution in [0.15, 0.2) is 23.1 Å². The van der Waals surface area contributed by atoms with E-state index in [1.165, 1.54) is 31.4 Å². The summed E-state index contributed by atoms with van der Waals surface area (Å²) in [6.07, 6.45) is 0.413. The largest absolute Gasteiger partial charge is 0.550 e. The summed E-state index contributed by atoms with van der Waals surface area (Å²) in [4.78, 5) is 45.8. The highest BCUT2D eigenvalue weighted by atomic mass is 32.2. The van der Waals surface area contributed by atoms with Crippen LogP contribution >= 0.6 is 24.0 Å². The first-order valence-electron chi connectivity index (χ1n) is 7.82. The Morgan fingerprint density at radius 1 is 1.21 bits per heavy atom. The van der Waals surface area contributed by atoms with Gasteiger partial charge >= 0.3 is 0 Å². The molecular weight excluding hydrogens is 426 g/mol. The minimum Gasteiger partial charge on any atom is -0.550 e. The molecule has 1 aliphatic heterocycles. The smallest absolute Gasteiger partial charge is 0.266 e. The Kier molecular flexibility index (Phi) is 7.18. The average molecular weight is 438 g/mol. The predicted octanol–water partition coefficient (Wildman–Crippen LogP) is -2.72. The molecule has 0 radical (unpaired) electrons. The molecule has 0 spiro atoms. The molecule has 12 heteroatoms. The summed E-state index contributed by atoms with van der Waals surface area (Å²) in [5.74, 6) is -5.35. The first-order chi connectivity index (χ1) is 13.6. The van der Waals surface area contributed by atoms with E-state index >= 15 is 0 Å². The second kappa shape index (κ2) is 9.39. The first kappa shape index (κ1) is 22.2. The number of nitrogens with zero attached hydrogens (tertiary/aromatic N) is 1. The third kappa shape index (κ3) is 5.45. The summed E-state index contributed by atoms with van der Waals surface area (Å²) < 4.78 is 9.99. The molecule has 1 unspecified atom stereocenters. The van der Waals surface area contributed by atoms with Crippen molar-refractivity contribution in [1.29, 1.82) is 0 Å². The molecule has 0 aliphatic carbocycles. The molecule has 29 heavy (non-hydrogen) atoms. The second-order valence-corrected chi connectivity index (χ2v) is 7.21. The number of thioether (sulfide) groups is 1. The summed E-state index contributed by atoms with van der Waals surface area (Å²) >= 11 is 5.79. The number of rotatable bonds is 9. The van der Waals surface area contributed by atoms with Gasteiger partial charge in [0.05, 0.1) is 30.0 Å². The highest BCUT2D eigenvalue weighted by Crippen LogP contribution is 2.36. The highest BCUT2D eigenvalue weighted by Gasteiger charge is 2.37. The summed E-state index contributed by atoms with van der Waals surface area (Å²) in [7, 11) is 1.33. The molecule has 0 saturated carbocycles. The average Bonchev–Trinajstić information content (AvgIpc) is 2.91. The SMILES string of the molecule is COc1cc(C=C2SC(=S)N(C(CC(=O)[O-])C(=O)[O-])C2=O)ccc1OCC(=O)[O-]. The minimum absolute atomic E-state index is 0.0463. The number of aliphatic carboxylic acids is 3. The second-order valence-electron chi connectivity index (χ2n) is 5.53. The van der Waals surface area contributed by atoms with Crippen molar-refractivity contribution < 1.29 is 44.0 Å². The third-order valence-electron chi connectivity index (χ3n) is 3.60. The normalized spacial score (nSPS) is 16.0. The Hall–Kier alpha value is -3.12. The fourth-order valence-corrected chi connectivity index (χ4v) is 3.72. The summed E-state index contributed by atoms with van der Waals surface area (Å²) in [5, 5.41) is 32.5. The molecule has 0 aromatic heterocycles. The van der Waals surface area contributed by atoms with Gasteiger partial charge in [-0.3, -0.25) is 9.69 Å². The van der Waals surface area contributed by atoms with E-state index in [9.17, 15) is 34.5 Å². The van der Waals surface area contributed by atoms with E-state index in [4.69, 9.17) is 21.7 Å². The Bertz CT molecular complexity index is 912. The van der Waals surface area contributed by atoms with Crippen molar-refractivity contribution in [2.75, 3.05) is 13.7 Å². The fourth-order valence-electron chi connectivity index (χ4n) is 2.37. The quantitative estimate of drug-likeness (QED) is 0.291. The highest BCUT2D eigenvalue weighted by molar-refractivity contribution is 8.26. The number of hydrogen-bond acceptors (Lipinski definition) is 11. The zero-order valence-corrected chi connectivity index (χ0v) is 16.4. The standard InChI is InChI=1S/C17H15NO9S2/c1-26-11-4-8(2-3-10(11)27-7-14(21)22)5-12-15(23)18(17(28)29-12)9(16(24)25)6-13(19)20/h2-5,9H,6-7H2,1H3,(H,19,20)(H,21,22)(H,24,25)/p-3. The van der Waals surface area contributed by atoms with Gasteiger partial charge in [-0.05, 0) is 23.8 Å². The van der Waals surface area contributed by atoms with E-state index in [0.717, 1.165) is 11.8 Å². The molecular formula is C17H12NO9S2-3. The monoisotopic (exact) mass is 438 g/mol. The Balaban J connectivity index is 2.29. The minimum atomic E-state index is -1.80. The van der Waals surface area contributed by atoms with E-state index in [1.807, 2.05) is 0 Å². The van der Waals surface area contributed by atoms with Gasteiger partial charge in [-0.25, -0.2) is 0 Å². The number of ether oxygens (including phenoxy) is 2. The molecule has 1 fully saturated rings. The summed E-state index contributed by atoms with van der Waals surface area (Å²) in [6.45, 7) is -0.683. The number of hydrogen-bond donors (Lipinski definition) is 0. The number of thiocarbonyl (C=S) groups is 1. The van der Waals surface area contributed by atoms with Crippen LogP contribution in [0, 0.1) is 0 Å². The van der Waals surface area contributed by atoms with Crippen molar-refractivity contribution in [2.45, 2.75) is 12.5 Å². The molecule has 1 saturated heterocycles. The van der Waals surface area contributed by atoms with Gasteiger partial charge in [0, 0.05) is 12.4 Å². The molecule has 154 valence electrons. The van der Waals surface area contributed by atoms with Gasteiger partial charge in [-0.2, -0.15) is 0 Å². The lowest BCUT2D eigenvalue weighted by molar-refractivity contribution is -0.319. The van der Waals surface area contributed by atoms with Crippen LogP contribution in [0.1, 0.15) is 12.0 Å². The van der Waals surface area contributed by atoms with Crippen molar-refractivity contribution in [1.82, 2.24) is 4.90 Å². The molecule has 2 rings (SSSR count). The van der Waals surface area contributed by atoms with Gasteiger partial charge in [0.2, 0.25) is 0 Å². The lowest BCUT2D eigenvalue weighted by atomic mass is 10.1. The van der Waals surface area contributed by atoms with E-state index in [1.54, 1.807) is 0 Å². The van der Waals surface area contributed by atoms with Gasteiger partial charge < -0.3 is 39.2 Å². The molecule has 1 heterocycles. The van der Waals surface area contributed by atoms with Crippen LogP contribution in [0.25, 0.3) is 6.08 Å². The van der Waals surface area contributed by atoms with Crippen LogP contribution in [-0.2, 0) is 19.2 Å². The maximum atomic E-state index is 12.6. The molecule has 1 aromatic carbocycles. The van der Waals surface area contributed by atoms with Crippen molar-refractivity contribution in [3.05, 3.63) is 28.7 Å². The van der Waals surface area contributed by atoms with E-state index < -0.39 is 42.9 Å². The molecule has 10 nitrogen and oxygen atoms in total. The van der Waals surface area contributed by atoms with Gasteiger partial charge in [0.1, 0.15) is 10.9 Å². The zero-order chi connectivity index (χ0) is 21.7. The van der Waals surface area contributed by atoms with Gasteiger partial charge in [0.25, 0.3) is 5.91 Å². The summed E-state index contributed by atoms with van der Waals surface area (Å²) in [5.41, 5.74) is 0.438. The van der Waals surface area contributed by atoms with Crippen LogP contribution in [0.2, 0.25) is 0 Å². The zero-order valence-electron chi connectivity index (χ0n) is 14.7. The van der Waals surface area contributed by atoms with Crippen molar-refractivity contribution in [2.24, 2.45) is 0 Å². The van der Waals surface area contributed by atoms with Crippen molar-refractivity contribution in [3.8, 4) is 11.5 Å². The molecule has 1 aromatic rings. The number of methoxy groups -OCH3 is 1. The van der Waals surface area contributed by atoms with Crippen LogP contribution < -0.4 is 24.8 Å². The number of benzene rings is 1. The lowest BCUT2D eigenvalue weighted by Gasteiger charge is -2.27. The predicted molar refractivity (Wildman–Crippen MR) is 96.9 cm³/mol. The number of carbonyl (C=O) groups excluding carboxylic acids is 4. The Morgan fingerprint density at radius 3 is 2.45 bits per heavy atom. The third-order valence-corrected chi connectivity index (χ3v) is 4.93. The van der Waals surface area contributed by atoms with Gasteiger partial charge in [-0.15, -0.1) is 0 Å². The van der Waals surface area contributed by atoms with Crippen LogP contribution in [0.4, 0.5) is 0 Å². The molecule has 0 bridgehead atoms. The van der Waals surface area contributed by atoms with Crippen molar-refractivity contribution in [3.63, 3.8) is 0 Å². The van der Waals surface area contributed by atoms with Crippen LogP contribution in [-0.4, -0.2) is 52.8 Å². The lowest BCUT2D eigenvalue weighted by Crippen LogP contribution is -2.52. The van der Waals surface area contributed by atoms with Crippen LogP contribution in [0.3, 0.4) is 0 Å². The number of amides is 1. The summed E-state index contributed by atoms with van der Waals surface area (Å²) in [6, 6.07) is 2.56. The number of carboxylic acids is 3. The van der Waals surface area contributed by atoms with Gasteiger partial charge in [-0.1, -0.05) is 30.0 Å². The topological polar surface area (TPSA) is 159 Å². The first-order valence-corrected chi connectivity index (χ1v) is 9.05. The maximum Gasteiger partial charge on any atom is 0.266 e. The Labute approximate surface area is 173 Å². The Morgan fingerprint density at radius 2 is 1.90 bits per heavy atom. The maximum absolute atomic E-state index is 12.6. The molecule has 0 N–H and O–H groups in total.